The molecular weight excluding hydrogens is 611 g/mol. The van der Waals surface area contributed by atoms with Crippen LogP contribution in [0.3, 0.4) is 0 Å². The fraction of sp³-hybridized carbons (Fsp3) is 0.0444. The molecule has 0 amide bonds. The molecule has 0 fully saturated rings. The third-order valence-corrected chi connectivity index (χ3v) is 8.70. The molecule has 3 aromatic heterocycles. The van der Waals surface area contributed by atoms with Crippen molar-refractivity contribution in [2.45, 2.75) is 13.8 Å². The minimum Gasteiger partial charge on any atom is -0.258 e. The Labute approximate surface area is 292 Å². The summed E-state index contributed by atoms with van der Waals surface area (Å²) in [6.07, 6.45) is 1.82. The molecule has 5 aromatic carbocycles. The highest BCUT2D eigenvalue weighted by Crippen LogP contribution is 2.35. The predicted octanol–water partition coefficient (Wildman–Crippen LogP) is 10.9. The van der Waals surface area contributed by atoms with Crippen LogP contribution in [0, 0.1) is 13.8 Å². The summed E-state index contributed by atoms with van der Waals surface area (Å²) in [7, 11) is 0. The first kappa shape index (κ1) is 30.7. The SMILES string of the molecule is Cc1cc(-c2ccc(-c3cc(-c4ccc(-c5ccccn5)cc4)cc(-c4nc(-c5ccccc5)nc(-c5ccccc5)n4)c3)cc2)cc(C)n1. The fourth-order valence-electron chi connectivity index (χ4n) is 6.25. The maximum absolute atomic E-state index is 5.06. The van der Waals surface area contributed by atoms with Gasteiger partial charge in [-0.15, -0.1) is 0 Å². The van der Waals surface area contributed by atoms with Gasteiger partial charge in [-0.1, -0.05) is 115 Å². The summed E-state index contributed by atoms with van der Waals surface area (Å²) in [5.41, 5.74) is 13.5. The Kier molecular flexibility index (Phi) is 8.29. The number of hydrogen-bond donors (Lipinski definition) is 0. The summed E-state index contributed by atoms with van der Waals surface area (Å²) < 4.78 is 0. The van der Waals surface area contributed by atoms with Gasteiger partial charge in [0.15, 0.2) is 17.5 Å². The number of hydrogen-bond acceptors (Lipinski definition) is 5. The second kappa shape index (κ2) is 13.5. The molecule has 3 heterocycles. The van der Waals surface area contributed by atoms with Crippen LogP contribution in [0.4, 0.5) is 0 Å². The van der Waals surface area contributed by atoms with Gasteiger partial charge in [-0.3, -0.25) is 9.97 Å². The number of rotatable bonds is 7. The Balaban J connectivity index is 1.27. The fourth-order valence-corrected chi connectivity index (χ4v) is 6.25. The Hall–Kier alpha value is -6.59. The zero-order valence-corrected chi connectivity index (χ0v) is 27.8. The molecule has 0 atom stereocenters. The van der Waals surface area contributed by atoms with E-state index >= 15 is 0 Å². The van der Waals surface area contributed by atoms with Crippen LogP contribution in [0.5, 0.6) is 0 Å². The number of benzene rings is 5. The molecule has 5 heteroatoms. The van der Waals surface area contributed by atoms with E-state index in [0.717, 1.165) is 72.7 Å². The summed E-state index contributed by atoms with van der Waals surface area (Å²) in [5.74, 6) is 1.88. The molecule has 0 aliphatic heterocycles. The highest BCUT2D eigenvalue weighted by Gasteiger charge is 2.15. The van der Waals surface area contributed by atoms with Crippen molar-refractivity contribution < 1.29 is 0 Å². The van der Waals surface area contributed by atoms with Gasteiger partial charge in [0.2, 0.25) is 0 Å². The van der Waals surface area contributed by atoms with Crippen LogP contribution in [0.25, 0.3) is 78.8 Å². The van der Waals surface area contributed by atoms with Crippen LogP contribution in [-0.4, -0.2) is 24.9 Å². The second-order valence-corrected chi connectivity index (χ2v) is 12.3. The van der Waals surface area contributed by atoms with Gasteiger partial charge in [0.25, 0.3) is 0 Å². The minimum atomic E-state index is 0.616. The zero-order chi connectivity index (χ0) is 33.9. The van der Waals surface area contributed by atoms with Crippen LogP contribution >= 0.6 is 0 Å². The van der Waals surface area contributed by atoms with Crippen molar-refractivity contribution in [3.63, 3.8) is 0 Å². The monoisotopic (exact) mass is 643 g/mol. The van der Waals surface area contributed by atoms with E-state index in [2.05, 4.69) is 88.8 Å². The van der Waals surface area contributed by atoms with Gasteiger partial charge in [-0.05, 0) is 89.7 Å². The van der Waals surface area contributed by atoms with Crippen LogP contribution in [0.1, 0.15) is 11.4 Å². The summed E-state index contributed by atoms with van der Waals surface area (Å²) >= 11 is 0. The third kappa shape index (κ3) is 6.58. The quantitative estimate of drug-likeness (QED) is 0.173. The molecule has 0 radical (unpaired) electrons. The lowest BCUT2D eigenvalue weighted by molar-refractivity contribution is 1.07. The van der Waals surface area contributed by atoms with E-state index in [4.69, 9.17) is 15.0 Å². The van der Waals surface area contributed by atoms with Crippen LogP contribution < -0.4 is 0 Å². The molecule has 8 aromatic rings. The number of aryl methyl sites for hydroxylation is 2. The normalized spacial score (nSPS) is 11.0. The largest absolute Gasteiger partial charge is 0.258 e. The number of pyridine rings is 2. The first-order chi connectivity index (χ1) is 24.6. The standard InChI is InChI=1S/C45H33N5/c1-30-25-38(26-31(2)47-30)32-16-18-33(19-17-32)39-27-40(34-20-22-35(23-21-34)42-15-9-10-24-46-42)29-41(28-39)45-49-43(36-11-5-3-6-12-36)48-44(50-45)37-13-7-4-8-14-37/h3-29H,1-2H3. The highest BCUT2D eigenvalue weighted by atomic mass is 15.0. The van der Waals surface area contributed by atoms with E-state index in [9.17, 15) is 0 Å². The molecule has 0 aliphatic rings. The maximum Gasteiger partial charge on any atom is 0.164 e. The lowest BCUT2D eigenvalue weighted by Crippen LogP contribution is -2.00. The van der Waals surface area contributed by atoms with Crippen molar-refractivity contribution in [2.75, 3.05) is 0 Å². The van der Waals surface area contributed by atoms with Crippen LogP contribution in [-0.2, 0) is 0 Å². The van der Waals surface area contributed by atoms with Gasteiger partial charge >= 0.3 is 0 Å². The van der Waals surface area contributed by atoms with E-state index < -0.39 is 0 Å². The zero-order valence-electron chi connectivity index (χ0n) is 27.8. The number of nitrogens with zero attached hydrogens (tertiary/aromatic N) is 5. The van der Waals surface area contributed by atoms with Crippen molar-refractivity contribution in [3.05, 3.63) is 175 Å². The van der Waals surface area contributed by atoms with E-state index in [1.807, 2.05) is 98.9 Å². The lowest BCUT2D eigenvalue weighted by atomic mass is 9.94. The van der Waals surface area contributed by atoms with Gasteiger partial charge in [0.05, 0.1) is 5.69 Å². The van der Waals surface area contributed by atoms with E-state index in [1.165, 1.54) is 0 Å². The lowest BCUT2D eigenvalue weighted by Gasteiger charge is -2.13. The average molecular weight is 644 g/mol. The topological polar surface area (TPSA) is 64.5 Å². The molecule has 0 bridgehead atoms. The van der Waals surface area contributed by atoms with Crippen LogP contribution in [0.2, 0.25) is 0 Å². The Morgan fingerprint density at radius 1 is 0.300 bits per heavy atom. The second-order valence-electron chi connectivity index (χ2n) is 12.3. The van der Waals surface area contributed by atoms with Crippen molar-refractivity contribution >= 4 is 0 Å². The number of aromatic nitrogens is 5. The molecular formula is C45H33N5. The first-order valence-electron chi connectivity index (χ1n) is 16.7. The molecule has 5 nitrogen and oxygen atoms in total. The van der Waals surface area contributed by atoms with Crippen LogP contribution in [0.15, 0.2) is 164 Å². The summed E-state index contributed by atoms with van der Waals surface area (Å²) in [6, 6.07) is 54.3. The third-order valence-electron chi connectivity index (χ3n) is 8.70. The predicted molar refractivity (Wildman–Crippen MR) is 203 cm³/mol. The Morgan fingerprint density at radius 3 is 1.16 bits per heavy atom. The summed E-state index contributed by atoms with van der Waals surface area (Å²) in [6.45, 7) is 4.07. The summed E-state index contributed by atoms with van der Waals surface area (Å²) in [5, 5.41) is 0. The molecule has 0 aliphatic carbocycles. The van der Waals surface area contributed by atoms with Gasteiger partial charge < -0.3 is 0 Å². The van der Waals surface area contributed by atoms with Gasteiger partial charge in [0, 0.05) is 39.8 Å². The Bertz CT molecular complexity index is 2330. The summed E-state index contributed by atoms with van der Waals surface area (Å²) in [4.78, 5) is 24.1. The smallest absolute Gasteiger partial charge is 0.164 e. The molecule has 0 saturated heterocycles. The van der Waals surface area contributed by atoms with E-state index in [0.29, 0.717) is 17.5 Å². The van der Waals surface area contributed by atoms with Crippen molar-refractivity contribution in [1.29, 1.82) is 0 Å². The highest BCUT2D eigenvalue weighted by molar-refractivity contribution is 5.82. The molecule has 0 spiro atoms. The molecule has 0 N–H and O–H groups in total. The van der Waals surface area contributed by atoms with E-state index in [-0.39, 0.29) is 0 Å². The molecule has 0 saturated carbocycles. The molecule has 50 heavy (non-hydrogen) atoms. The minimum absolute atomic E-state index is 0.616. The van der Waals surface area contributed by atoms with Crippen molar-refractivity contribution in [1.82, 2.24) is 24.9 Å². The van der Waals surface area contributed by atoms with Crippen molar-refractivity contribution in [3.8, 4) is 78.8 Å². The van der Waals surface area contributed by atoms with Crippen molar-refractivity contribution in [2.24, 2.45) is 0 Å². The molecule has 238 valence electrons. The van der Waals surface area contributed by atoms with Gasteiger partial charge in [0.1, 0.15) is 0 Å². The average Bonchev–Trinajstić information content (AvgIpc) is 3.18. The maximum atomic E-state index is 5.06. The van der Waals surface area contributed by atoms with E-state index in [1.54, 1.807) is 0 Å². The molecule has 0 unspecified atom stereocenters. The first-order valence-corrected chi connectivity index (χ1v) is 16.7. The Morgan fingerprint density at radius 2 is 0.700 bits per heavy atom. The van der Waals surface area contributed by atoms with Gasteiger partial charge in [-0.2, -0.15) is 0 Å². The van der Waals surface area contributed by atoms with Gasteiger partial charge in [-0.25, -0.2) is 15.0 Å². The molecule has 8 rings (SSSR count).